The molecule has 1 aromatic carbocycles. The number of para-hydroxylation sites is 1. The van der Waals surface area contributed by atoms with Crippen molar-refractivity contribution in [1.29, 1.82) is 0 Å². The number of carbonyl (C=O) groups excluding carboxylic acids is 2. The van der Waals surface area contributed by atoms with Gasteiger partial charge < -0.3 is 15.4 Å². The lowest BCUT2D eigenvalue weighted by molar-refractivity contribution is -0.120. The highest BCUT2D eigenvalue weighted by Gasteiger charge is 2.34. The molecule has 0 aliphatic carbocycles. The van der Waals surface area contributed by atoms with Crippen molar-refractivity contribution in [2.75, 3.05) is 13.1 Å². The summed E-state index contributed by atoms with van der Waals surface area (Å²) in [6.07, 6.45) is 3.58. The fourth-order valence-corrected chi connectivity index (χ4v) is 3.08. The molecule has 3 rings (SSSR count). The van der Waals surface area contributed by atoms with E-state index in [-0.39, 0.29) is 24.3 Å². The smallest absolute Gasteiger partial charge is 0.255 e. The van der Waals surface area contributed by atoms with Crippen molar-refractivity contribution in [3.05, 3.63) is 54.4 Å². The lowest BCUT2D eigenvalue weighted by Crippen LogP contribution is -2.49. The maximum absolute atomic E-state index is 12.6. The first-order valence-corrected chi connectivity index (χ1v) is 8.19. The van der Waals surface area contributed by atoms with Gasteiger partial charge in [0.15, 0.2) is 0 Å². The molecular formula is C18H20N4O3. The molecule has 130 valence electrons. The first-order valence-electron chi connectivity index (χ1n) is 8.19. The largest absolute Gasteiger partial charge is 0.490 e. The van der Waals surface area contributed by atoms with Crippen LogP contribution >= 0.6 is 0 Å². The Morgan fingerprint density at radius 1 is 1.20 bits per heavy atom. The molecule has 7 nitrogen and oxygen atoms in total. The van der Waals surface area contributed by atoms with Crippen LogP contribution in [0.15, 0.2) is 48.8 Å². The van der Waals surface area contributed by atoms with Crippen LogP contribution in [0.1, 0.15) is 23.2 Å². The number of aromatic nitrogens is 2. The fourth-order valence-electron chi connectivity index (χ4n) is 3.08. The number of hydrogen-bond donors (Lipinski definition) is 1. The van der Waals surface area contributed by atoms with Gasteiger partial charge >= 0.3 is 0 Å². The van der Waals surface area contributed by atoms with E-state index >= 15 is 0 Å². The standard InChI is InChI=1S/C18H20N4O3/c19-17(23)10-14-12-22(18(24)13-6-8-20-21-11-13)9-7-16(14)25-15-4-2-1-3-5-15/h1-6,8,11,14,16H,7,9-10,12H2,(H2,19,23)/t14-,16-/m1/s1. The Morgan fingerprint density at radius 3 is 2.68 bits per heavy atom. The van der Waals surface area contributed by atoms with E-state index in [1.54, 1.807) is 11.0 Å². The Bertz CT molecular complexity index is 724. The zero-order chi connectivity index (χ0) is 17.6. The number of amides is 2. The number of piperidine rings is 1. The average molecular weight is 340 g/mol. The molecule has 2 atom stereocenters. The summed E-state index contributed by atoms with van der Waals surface area (Å²) in [6, 6.07) is 11.1. The highest BCUT2D eigenvalue weighted by molar-refractivity contribution is 5.93. The highest BCUT2D eigenvalue weighted by atomic mass is 16.5. The molecular weight excluding hydrogens is 320 g/mol. The second-order valence-electron chi connectivity index (χ2n) is 6.07. The van der Waals surface area contributed by atoms with Gasteiger partial charge in [-0.05, 0) is 18.2 Å². The third kappa shape index (κ3) is 4.32. The predicted octanol–water partition coefficient (Wildman–Crippen LogP) is 1.26. The molecule has 1 aromatic heterocycles. The van der Waals surface area contributed by atoms with Crippen molar-refractivity contribution in [2.24, 2.45) is 11.7 Å². The highest BCUT2D eigenvalue weighted by Crippen LogP contribution is 2.26. The van der Waals surface area contributed by atoms with Crippen LogP contribution in [-0.4, -0.2) is 46.1 Å². The number of primary amides is 1. The van der Waals surface area contributed by atoms with Gasteiger partial charge in [0.05, 0.1) is 18.0 Å². The summed E-state index contributed by atoms with van der Waals surface area (Å²) in [6.45, 7) is 0.968. The SMILES string of the molecule is NC(=O)C[C@@H]1CN(C(=O)c2ccnnc2)CC[C@H]1Oc1ccccc1. The van der Waals surface area contributed by atoms with E-state index in [0.717, 1.165) is 5.75 Å². The third-order valence-electron chi connectivity index (χ3n) is 4.28. The molecule has 7 heteroatoms. The quantitative estimate of drug-likeness (QED) is 0.883. The summed E-state index contributed by atoms with van der Waals surface area (Å²) in [5.41, 5.74) is 5.88. The molecule has 0 spiro atoms. The summed E-state index contributed by atoms with van der Waals surface area (Å²) < 4.78 is 6.03. The van der Waals surface area contributed by atoms with E-state index in [0.29, 0.717) is 25.1 Å². The van der Waals surface area contributed by atoms with Gasteiger partial charge in [0.25, 0.3) is 5.91 Å². The summed E-state index contributed by atoms with van der Waals surface area (Å²) in [4.78, 5) is 25.8. The second kappa shape index (κ2) is 7.74. The van der Waals surface area contributed by atoms with Crippen molar-refractivity contribution >= 4 is 11.8 Å². The van der Waals surface area contributed by atoms with Gasteiger partial charge in [-0.3, -0.25) is 9.59 Å². The molecule has 0 saturated carbocycles. The van der Waals surface area contributed by atoms with Gasteiger partial charge in [0.2, 0.25) is 5.91 Å². The fraction of sp³-hybridized carbons (Fsp3) is 0.333. The van der Waals surface area contributed by atoms with Crippen LogP contribution in [0.25, 0.3) is 0 Å². The molecule has 2 heterocycles. The molecule has 1 saturated heterocycles. The number of nitrogens with two attached hydrogens (primary N) is 1. The van der Waals surface area contributed by atoms with Crippen LogP contribution in [0.4, 0.5) is 0 Å². The van der Waals surface area contributed by atoms with Gasteiger partial charge in [-0.15, -0.1) is 0 Å². The Hall–Kier alpha value is -2.96. The van der Waals surface area contributed by atoms with Crippen LogP contribution in [0.3, 0.4) is 0 Å². The Morgan fingerprint density at radius 2 is 2.00 bits per heavy atom. The number of rotatable bonds is 5. The summed E-state index contributed by atoms with van der Waals surface area (Å²) in [7, 11) is 0. The molecule has 0 unspecified atom stereocenters. The van der Waals surface area contributed by atoms with Gasteiger partial charge in [-0.25, -0.2) is 0 Å². The van der Waals surface area contributed by atoms with E-state index in [9.17, 15) is 9.59 Å². The number of nitrogens with zero attached hydrogens (tertiary/aromatic N) is 3. The number of carbonyl (C=O) groups is 2. The number of hydrogen-bond acceptors (Lipinski definition) is 5. The maximum Gasteiger partial charge on any atom is 0.255 e. The lowest BCUT2D eigenvalue weighted by Gasteiger charge is -2.38. The normalized spacial score (nSPS) is 20.1. The Kier molecular flexibility index (Phi) is 5.23. The van der Waals surface area contributed by atoms with Crippen LogP contribution in [-0.2, 0) is 4.79 Å². The molecule has 1 fully saturated rings. The van der Waals surface area contributed by atoms with Crippen LogP contribution in [0, 0.1) is 5.92 Å². The molecule has 0 radical (unpaired) electrons. The third-order valence-corrected chi connectivity index (χ3v) is 4.28. The summed E-state index contributed by atoms with van der Waals surface area (Å²) in [5, 5.41) is 7.43. The minimum atomic E-state index is -0.397. The van der Waals surface area contributed by atoms with Crippen molar-refractivity contribution in [3.8, 4) is 5.75 Å². The van der Waals surface area contributed by atoms with E-state index in [2.05, 4.69) is 10.2 Å². The molecule has 2 aromatic rings. The first-order chi connectivity index (χ1) is 12.1. The lowest BCUT2D eigenvalue weighted by atomic mass is 9.90. The first kappa shape index (κ1) is 16.9. The Balaban J connectivity index is 1.71. The molecule has 1 aliphatic heterocycles. The monoisotopic (exact) mass is 340 g/mol. The molecule has 2 amide bonds. The van der Waals surface area contributed by atoms with Crippen molar-refractivity contribution in [1.82, 2.24) is 15.1 Å². The molecule has 1 aliphatic rings. The molecule has 25 heavy (non-hydrogen) atoms. The van der Waals surface area contributed by atoms with Crippen molar-refractivity contribution < 1.29 is 14.3 Å². The van der Waals surface area contributed by atoms with Gasteiger partial charge in [-0.1, -0.05) is 18.2 Å². The maximum atomic E-state index is 12.6. The minimum Gasteiger partial charge on any atom is -0.490 e. The molecule has 2 N–H and O–H groups in total. The number of ether oxygens (including phenoxy) is 1. The van der Waals surface area contributed by atoms with E-state index in [1.165, 1.54) is 12.4 Å². The second-order valence-corrected chi connectivity index (χ2v) is 6.07. The number of likely N-dealkylation sites (tertiary alicyclic amines) is 1. The Labute approximate surface area is 145 Å². The van der Waals surface area contributed by atoms with E-state index < -0.39 is 5.91 Å². The predicted molar refractivity (Wildman–Crippen MR) is 90.7 cm³/mol. The van der Waals surface area contributed by atoms with E-state index in [1.807, 2.05) is 30.3 Å². The van der Waals surface area contributed by atoms with Crippen molar-refractivity contribution in [3.63, 3.8) is 0 Å². The van der Waals surface area contributed by atoms with E-state index in [4.69, 9.17) is 10.5 Å². The molecule has 0 bridgehead atoms. The zero-order valence-corrected chi connectivity index (χ0v) is 13.7. The van der Waals surface area contributed by atoms with Crippen LogP contribution in [0.2, 0.25) is 0 Å². The zero-order valence-electron chi connectivity index (χ0n) is 13.7. The summed E-state index contributed by atoms with van der Waals surface area (Å²) >= 11 is 0. The van der Waals surface area contributed by atoms with Gasteiger partial charge in [0.1, 0.15) is 11.9 Å². The van der Waals surface area contributed by atoms with Gasteiger partial charge in [-0.2, -0.15) is 10.2 Å². The van der Waals surface area contributed by atoms with Crippen molar-refractivity contribution in [2.45, 2.75) is 18.9 Å². The average Bonchev–Trinajstić information content (AvgIpc) is 2.64. The topological polar surface area (TPSA) is 98.4 Å². The number of benzene rings is 1. The van der Waals surface area contributed by atoms with Gasteiger partial charge in [0, 0.05) is 31.8 Å². The van der Waals surface area contributed by atoms with Crippen LogP contribution in [0.5, 0.6) is 5.75 Å². The van der Waals surface area contributed by atoms with Crippen LogP contribution < -0.4 is 10.5 Å². The summed E-state index contributed by atoms with van der Waals surface area (Å²) in [5.74, 6) is 0.0827. The minimum absolute atomic E-state index is 0.123.